The summed E-state index contributed by atoms with van der Waals surface area (Å²) in [4.78, 5) is 8.95. The number of hydrogen-bond acceptors (Lipinski definition) is 4. The van der Waals surface area contributed by atoms with E-state index in [9.17, 15) is 0 Å². The molecule has 0 atom stereocenters. The van der Waals surface area contributed by atoms with Crippen molar-refractivity contribution in [3.05, 3.63) is 66.1 Å². The molecule has 2 aromatic carbocycles. The Labute approximate surface area is 148 Å². The van der Waals surface area contributed by atoms with Crippen molar-refractivity contribution in [2.75, 3.05) is 6.79 Å². The van der Waals surface area contributed by atoms with Crippen LogP contribution in [0.5, 0.6) is 11.5 Å². The standard InChI is InChI=1S/C19H12ClN3O2/c20-14-4-1-12(2-5-14)15-10-23-16(8-22-19(23)9-21-15)13-3-6-17-18(7-13)25-11-24-17/h1-10H,11H2. The molecule has 0 radical (unpaired) electrons. The molecular formula is C19H12ClN3O2. The molecule has 25 heavy (non-hydrogen) atoms. The van der Waals surface area contributed by atoms with Crippen molar-refractivity contribution in [1.82, 2.24) is 14.4 Å². The predicted octanol–water partition coefficient (Wildman–Crippen LogP) is 4.45. The van der Waals surface area contributed by atoms with E-state index in [1.807, 2.05) is 59.3 Å². The Morgan fingerprint density at radius 3 is 2.56 bits per heavy atom. The fourth-order valence-electron chi connectivity index (χ4n) is 2.93. The van der Waals surface area contributed by atoms with Gasteiger partial charge in [-0.1, -0.05) is 23.7 Å². The Hall–Kier alpha value is -3.05. The Balaban J connectivity index is 1.64. The topological polar surface area (TPSA) is 48.7 Å². The predicted molar refractivity (Wildman–Crippen MR) is 95.0 cm³/mol. The van der Waals surface area contributed by atoms with Gasteiger partial charge in [0.1, 0.15) is 0 Å². The van der Waals surface area contributed by atoms with E-state index >= 15 is 0 Å². The van der Waals surface area contributed by atoms with Crippen molar-refractivity contribution in [2.45, 2.75) is 0 Å². The van der Waals surface area contributed by atoms with Gasteiger partial charge < -0.3 is 9.47 Å². The average molecular weight is 350 g/mol. The fourth-order valence-corrected chi connectivity index (χ4v) is 3.05. The smallest absolute Gasteiger partial charge is 0.231 e. The van der Waals surface area contributed by atoms with Gasteiger partial charge in [-0.05, 0) is 30.3 Å². The molecule has 0 spiro atoms. The van der Waals surface area contributed by atoms with Crippen molar-refractivity contribution in [3.63, 3.8) is 0 Å². The minimum absolute atomic E-state index is 0.260. The Bertz CT molecular complexity index is 1090. The second-order valence-corrected chi connectivity index (χ2v) is 6.16. The first-order valence-electron chi connectivity index (χ1n) is 7.77. The van der Waals surface area contributed by atoms with Crippen molar-refractivity contribution in [3.8, 4) is 34.0 Å². The third kappa shape index (κ3) is 2.40. The summed E-state index contributed by atoms with van der Waals surface area (Å²) in [5.41, 5.74) is 4.60. The van der Waals surface area contributed by atoms with Crippen molar-refractivity contribution < 1.29 is 9.47 Å². The summed E-state index contributed by atoms with van der Waals surface area (Å²) in [5.74, 6) is 1.51. The van der Waals surface area contributed by atoms with Gasteiger partial charge in [0.2, 0.25) is 6.79 Å². The van der Waals surface area contributed by atoms with Gasteiger partial charge in [0.05, 0.1) is 23.8 Å². The van der Waals surface area contributed by atoms with Crippen LogP contribution in [0.4, 0.5) is 0 Å². The summed E-state index contributed by atoms with van der Waals surface area (Å²) in [6.45, 7) is 0.260. The van der Waals surface area contributed by atoms with Gasteiger partial charge >= 0.3 is 0 Å². The SMILES string of the molecule is Clc1ccc(-c2cn3c(-c4ccc5c(c4)OCO5)cnc3cn2)cc1. The molecule has 122 valence electrons. The van der Waals surface area contributed by atoms with E-state index in [2.05, 4.69) is 9.97 Å². The first kappa shape index (κ1) is 14.3. The zero-order chi connectivity index (χ0) is 16.8. The molecule has 1 aliphatic rings. The molecule has 2 aromatic heterocycles. The lowest BCUT2D eigenvalue weighted by Gasteiger charge is -2.06. The van der Waals surface area contributed by atoms with Crippen LogP contribution in [0.15, 0.2) is 61.1 Å². The van der Waals surface area contributed by atoms with Gasteiger partial charge in [0.15, 0.2) is 17.1 Å². The lowest BCUT2D eigenvalue weighted by molar-refractivity contribution is 0.174. The summed E-state index contributed by atoms with van der Waals surface area (Å²) >= 11 is 5.97. The minimum atomic E-state index is 0.260. The highest BCUT2D eigenvalue weighted by Gasteiger charge is 2.16. The van der Waals surface area contributed by atoms with Gasteiger partial charge in [-0.15, -0.1) is 0 Å². The van der Waals surface area contributed by atoms with Crippen molar-refractivity contribution in [1.29, 1.82) is 0 Å². The number of aromatic nitrogens is 3. The number of halogens is 1. The average Bonchev–Trinajstić information content (AvgIpc) is 3.27. The fraction of sp³-hybridized carbons (Fsp3) is 0.0526. The van der Waals surface area contributed by atoms with Crippen LogP contribution in [0.3, 0.4) is 0 Å². The molecule has 0 saturated heterocycles. The molecule has 6 heteroatoms. The van der Waals surface area contributed by atoms with E-state index < -0.39 is 0 Å². The molecule has 3 heterocycles. The molecule has 0 amide bonds. The molecule has 1 aliphatic heterocycles. The van der Waals surface area contributed by atoms with E-state index in [1.54, 1.807) is 6.20 Å². The van der Waals surface area contributed by atoms with E-state index in [0.717, 1.165) is 39.7 Å². The number of benzene rings is 2. The van der Waals surface area contributed by atoms with Crippen LogP contribution in [-0.4, -0.2) is 21.2 Å². The maximum absolute atomic E-state index is 5.97. The Morgan fingerprint density at radius 1 is 0.880 bits per heavy atom. The van der Waals surface area contributed by atoms with E-state index in [4.69, 9.17) is 21.1 Å². The van der Waals surface area contributed by atoms with Gasteiger partial charge in [-0.25, -0.2) is 4.98 Å². The minimum Gasteiger partial charge on any atom is -0.454 e. The maximum atomic E-state index is 5.97. The number of ether oxygens (including phenoxy) is 2. The quantitative estimate of drug-likeness (QED) is 0.536. The number of fused-ring (bicyclic) bond motifs is 2. The zero-order valence-corrected chi connectivity index (χ0v) is 13.8. The molecule has 4 aromatic rings. The highest BCUT2D eigenvalue weighted by Crippen LogP contribution is 2.36. The number of nitrogens with zero attached hydrogens (tertiary/aromatic N) is 3. The van der Waals surface area contributed by atoms with Gasteiger partial charge in [-0.3, -0.25) is 9.38 Å². The number of hydrogen-bond donors (Lipinski definition) is 0. The largest absolute Gasteiger partial charge is 0.454 e. The first-order valence-corrected chi connectivity index (χ1v) is 8.15. The summed E-state index contributed by atoms with van der Waals surface area (Å²) in [7, 11) is 0. The van der Waals surface area contributed by atoms with E-state index in [0.29, 0.717) is 5.02 Å². The number of imidazole rings is 1. The normalized spacial score (nSPS) is 12.7. The summed E-state index contributed by atoms with van der Waals surface area (Å²) in [5, 5.41) is 0.702. The first-order chi connectivity index (χ1) is 12.3. The Kier molecular flexibility index (Phi) is 3.15. The zero-order valence-electron chi connectivity index (χ0n) is 13.0. The highest BCUT2D eigenvalue weighted by molar-refractivity contribution is 6.30. The van der Waals surface area contributed by atoms with E-state index in [1.165, 1.54) is 0 Å². The summed E-state index contributed by atoms with van der Waals surface area (Å²) in [6, 6.07) is 13.5. The Morgan fingerprint density at radius 2 is 1.68 bits per heavy atom. The molecule has 0 aliphatic carbocycles. The molecule has 0 fully saturated rings. The lowest BCUT2D eigenvalue weighted by Crippen LogP contribution is -1.93. The third-order valence-corrected chi connectivity index (χ3v) is 4.46. The monoisotopic (exact) mass is 349 g/mol. The van der Waals surface area contributed by atoms with Gasteiger partial charge in [0.25, 0.3) is 0 Å². The van der Waals surface area contributed by atoms with Gasteiger partial charge in [0, 0.05) is 22.3 Å². The van der Waals surface area contributed by atoms with Crippen molar-refractivity contribution >= 4 is 17.2 Å². The molecule has 0 bridgehead atoms. The second-order valence-electron chi connectivity index (χ2n) is 5.72. The maximum Gasteiger partial charge on any atom is 0.231 e. The lowest BCUT2D eigenvalue weighted by atomic mass is 10.1. The number of rotatable bonds is 2. The van der Waals surface area contributed by atoms with Crippen LogP contribution in [0.25, 0.3) is 28.2 Å². The molecule has 0 saturated carbocycles. The van der Waals surface area contributed by atoms with Crippen molar-refractivity contribution in [2.24, 2.45) is 0 Å². The molecule has 5 nitrogen and oxygen atoms in total. The second kappa shape index (κ2) is 5.50. The van der Waals surface area contributed by atoms with Crippen LogP contribution in [0.1, 0.15) is 0 Å². The van der Waals surface area contributed by atoms with Crippen LogP contribution >= 0.6 is 11.6 Å². The molecule has 0 unspecified atom stereocenters. The van der Waals surface area contributed by atoms with E-state index in [-0.39, 0.29) is 6.79 Å². The molecule has 0 N–H and O–H groups in total. The van der Waals surface area contributed by atoms with Crippen LogP contribution < -0.4 is 9.47 Å². The highest BCUT2D eigenvalue weighted by atomic mass is 35.5. The van der Waals surface area contributed by atoms with Crippen LogP contribution in [0.2, 0.25) is 5.02 Å². The molecule has 5 rings (SSSR count). The molecular weight excluding hydrogens is 338 g/mol. The third-order valence-electron chi connectivity index (χ3n) is 4.20. The summed E-state index contributed by atoms with van der Waals surface area (Å²) < 4.78 is 12.9. The summed E-state index contributed by atoms with van der Waals surface area (Å²) in [6.07, 6.45) is 5.58. The van der Waals surface area contributed by atoms with Crippen LogP contribution in [-0.2, 0) is 0 Å². The van der Waals surface area contributed by atoms with Gasteiger partial charge in [-0.2, -0.15) is 0 Å². The van der Waals surface area contributed by atoms with Crippen LogP contribution in [0, 0.1) is 0 Å².